The van der Waals surface area contributed by atoms with Gasteiger partial charge < -0.3 is 16.2 Å². The van der Waals surface area contributed by atoms with Crippen LogP contribution in [0, 0.1) is 11.3 Å². The number of carbonyl (C=O) groups is 2. The molecule has 0 bridgehead atoms. The van der Waals surface area contributed by atoms with E-state index in [4.69, 9.17) is 10.8 Å². The van der Waals surface area contributed by atoms with Gasteiger partial charge in [0, 0.05) is 18.0 Å². The first kappa shape index (κ1) is 15.9. The van der Waals surface area contributed by atoms with Crippen LogP contribution in [0.25, 0.3) is 0 Å². The lowest BCUT2D eigenvalue weighted by Gasteiger charge is -2.31. The van der Waals surface area contributed by atoms with Crippen molar-refractivity contribution >= 4 is 11.9 Å². The lowest BCUT2D eigenvalue weighted by atomic mass is 9.84. The van der Waals surface area contributed by atoms with Crippen molar-refractivity contribution in [2.75, 3.05) is 0 Å². The van der Waals surface area contributed by atoms with Gasteiger partial charge >= 0.3 is 5.97 Å². The zero-order chi connectivity index (χ0) is 13.8. The van der Waals surface area contributed by atoms with Crippen LogP contribution in [0.2, 0.25) is 0 Å². The van der Waals surface area contributed by atoms with Crippen LogP contribution in [0.5, 0.6) is 0 Å². The maximum Gasteiger partial charge on any atom is 0.305 e. The van der Waals surface area contributed by atoms with Crippen molar-refractivity contribution in [1.82, 2.24) is 5.32 Å². The highest BCUT2D eigenvalue weighted by molar-refractivity contribution is 5.80. The molecule has 0 radical (unpaired) electrons. The van der Waals surface area contributed by atoms with E-state index in [1.165, 1.54) is 0 Å². The van der Waals surface area contributed by atoms with Gasteiger partial charge in [0.15, 0.2) is 0 Å². The summed E-state index contributed by atoms with van der Waals surface area (Å²) in [5.41, 5.74) is 5.35. The van der Waals surface area contributed by atoms with Crippen molar-refractivity contribution in [3.05, 3.63) is 0 Å². The Labute approximate surface area is 103 Å². The number of amides is 1. The average Bonchev–Trinajstić information content (AvgIpc) is 2.13. The summed E-state index contributed by atoms with van der Waals surface area (Å²) in [6, 6.07) is -0.644. The summed E-state index contributed by atoms with van der Waals surface area (Å²) >= 11 is 0. The molecule has 0 saturated carbocycles. The van der Waals surface area contributed by atoms with E-state index >= 15 is 0 Å². The standard InChI is InChI=1S/C12H24N2O3/c1-7(8(2)13)11(17)14-9(6-10(15)16)12(3,4)5/h7-9H,6,13H2,1-5H3,(H,14,17)(H,15,16). The molecule has 0 aliphatic rings. The minimum Gasteiger partial charge on any atom is -0.481 e. The van der Waals surface area contributed by atoms with Gasteiger partial charge in [-0.3, -0.25) is 9.59 Å². The summed E-state index contributed by atoms with van der Waals surface area (Å²) in [7, 11) is 0. The van der Waals surface area contributed by atoms with Gasteiger partial charge in [-0.2, -0.15) is 0 Å². The molecule has 0 rings (SSSR count). The van der Waals surface area contributed by atoms with E-state index in [1.54, 1.807) is 13.8 Å². The molecule has 4 N–H and O–H groups in total. The first-order valence-electron chi connectivity index (χ1n) is 5.83. The second-order valence-electron chi connectivity index (χ2n) is 5.67. The van der Waals surface area contributed by atoms with E-state index in [0.29, 0.717) is 0 Å². The third-order valence-corrected chi connectivity index (χ3v) is 2.94. The fourth-order valence-corrected chi connectivity index (χ4v) is 1.29. The molecule has 0 spiro atoms. The maximum absolute atomic E-state index is 11.8. The van der Waals surface area contributed by atoms with E-state index in [1.807, 2.05) is 20.8 Å². The number of hydrogen-bond donors (Lipinski definition) is 3. The van der Waals surface area contributed by atoms with Crippen molar-refractivity contribution in [2.24, 2.45) is 17.1 Å². The Morgan fingerprint density at radius 2 is 1.76 bits per heavy atom. The molecule has 0 aromatic rings. The van der Waals surface area contributed by atoms with Gasteiger partial charge in [-0.05, 0) is 12.3 Å². The largest absolute Gasteiger partial charge is 0.481 e. The maximum atomic E-state index is 11.8. The third-order valence-electron chi connectivity index (χ3n) is 2.94. The highest BCUT2D eigenvalue weighted by Crippen LogP contribution is 2.22. The molecule has 0 aliphatic heterocycles. The van der Waals surface area contributed by atoms with E-state index in [0.717, 1.165) is 0 Å². The van der Waals surface area contributed by atoms with Gasteiger partial charge in [-0.15, -0.1) is 0 Å². The Bertz CT molecular complexity index is 282. The predicted octanol–water partition coefficient (Wildman–Crippen LogP) is 0.975. The lowest BCUT2D eigenvalue weighted by molar-refractivity contribution is -0.138. The summed E-state index contributed by atoms with van der Waals surface area (Å²) in [5, 5.41) is 11.6. The fourth-order valence-electron chi connectivity index (χ4n) is 1.29. The van der Waals surface area contributed by atoms with Gasteiger partial charge in [0.25, 0.3) is 0 Å². The van der Waals surface area contributed by atoms with Gasteiger partial charge in [0.05, 0.1) is 6.42 Å². The molecule has 17 heavy (non-hydrogen) atoms. The first-order valence-corrected chi connectivity index (χ1v) is 5.83. The number of hydrogen-bond acceptors (Lipinski definition) is 3. The number of nitrogens with two attached hydrogens (primary N) is 1. The van der Waals surface area contributed by atoms with E-state index in [-0.39, 0.29) is 29.7 Å². The molecular formula is C12H24N2O3. The molecular weight excluding hydrogens is 220 g/mol. The Morgan fingerprint density at radius 1 is 1.29 bits per heavy atom. The Morgan fingerprint density at radius 3 is 2.06 bits per heavy atom. The second kappa shape index (κ2) is 6.00. The summed E-state index contributed by atoms with van der Waals surface area (Å²) < 4.78 is 0. The van der Waals surface area contributed by atoms with Crippen molar-refractivity contribution in [1.29, 1.82) is 0 Å². The Kier molecular flexibility index (Phi) is 5.61. The highest BCUT2D eigenvalue weighted by Gasteiger charge is 2.30. The van der Waals surface area contributed by atoms with Gasteiger partial charge in [0.1, 0.15) is 0 Å². The van der Waals surface area contributed by atoms with Crippen LogP contribution in [0.1, 0.15) is 41.0 Å². The van der Waals surface area contributed by atoms with Crippen LogP contribution >= 0.6 is 0 Å². The van der Waals surface area contributed by atoms with Gasteiger partial charge in [-0.25, -0.2) is 0 Å². The van der Waals surface area contributed by atoms with Crippen LogP contribution in [-0.2, 0) is 9.59 Å². The summed E-state index contributed by atoms with van der Waals surface area (Å²) in [6.45, 7) is 9.19. The number of rotatable bonds is 5. The molecule has 0 fully saturated rings. The fraction of sp³-hybridized carbons (Fsp3) is 0.833. The molecule has 0 aliphatic carbocycles. The average molecular weight is 244 g/mol. The Hall–Kier alpha value is -1.10. The number of carbonyl (C=O) groups excluding carboxylic acids is 1. The molecule has 3 unspecified atom stereocenters. The number of carboxylic acids is 1. The normalized spacial score (nSPS) is 17.1. The molecule has 5 nitrogen and oxygen atoms in total. The van der Waals surface area contributed by atoms with E-state index < -0.39 is 12.0 Å². The summed E-state index contributed by atoms with van der Waals surface area (Å²) in [5.74, 6) is -1.44. The molecule has 100 valence electrons. The minimum atomic E-state index is -0.918. The highest BCUT2D eigenvalue weighted by atomic mass is 16.4. The van der Waals surface area contributed by atoms with Crippen molar-refractivity contribution in [2.45, 2.75) is 53.1 Å². The molecule has 0 aromatic heterocycles. The van der Waals surface area contributed by atoms with Crippen molar-refractivity contribution in [3.63, 3.8) is 0 Å². The first-order chi connectivity index (χ1) is 7.55. The molecule has 0 saturated heterocycles. The topological polar surface area (TPSA) is 92.4 Å². The number of carboxylic acid groups (broad SMARTS) is 1. The zero-order valence-corrected chi connectivity index (χ0v) is 11.3. The van der Waals surface area contributed by atoms with E-state index in [2.05, 4.69) is 5.32 Å². The number of nitrogens with one attached hydrogen (secondary N) is 1. The SMILES string of the molecule is CC(N)C(C)C(=O)NC(CC(=O)O)C(C)(C)C. The monoisotopic (exact) mass is 244 g/mol. The van der Waals surface area contributed by atoms with Gasteiger partial charge in [-0.1, -0.05) is 27.7 Å². The Balaban J connectivity index is 4.65. The lowest BCUT2D eigenvalue weighted by Crippen LogP contribution is -2.49. The van der Waals surface area contributed by atoms with Crippen LogP contribution in [0.4, 0.5) is 0 Å². The van der Waals surface area contributed by atoms with Crippen LogP contribution in [-0.4, -0.2) is 29.1 Å². The van der Waals surface area contributed by atoms with Crippen LogP contribution in [0.3, 0.4) is 0 Å². The van der Waals surface area contributed by atoms with Crippen LogP contribution in [0.15, 0.2) is 0 Å². The zero-order valence-electron chi connectivity index (χ0n) is 11.3. The predicted molar refractivity (Wildman–Crippen MR) is 66.5 cm³/mol. The summed E-state index contributed by atoms with van der Waals surface area (Å²) in [4.78, 5) is 22.6. The molecule has 0 heterocycles. The molecule has 5 heteroatoms. The van der Waals surface area contributed by atoms with Gasteiger partial charge in [0.2, 0.25) is 5.91 Å². The van der Waals surface area contributed by atoms with Crippen molar-refractivity contribution < 1.29 is 14.7 Å². The second-order valence-corrected chi connectivity index (χ2v) is 5.67. The summed E-state index contributed by atoms with van der Waals surface area (Å²) in [6.07, 6.45) is -0.0824. The van der Waals surface area contributed by atoms with E-state index in [9.17, 15) is 9.59 Å². The molecule has 1 amide bonds. The molecule has 3 atom stereocenters. The quantitative estimate of drug-likeness (QED) is 0.672. The minimum absolute atomic E-state index is 0.0824. The van der Waals surface area contributed by atoms with Crippen molar-refractivity contribution in [3.8, 4) is 0 Å². The third kappa shape index (κ3) is 5.68. The van der Waals surface area contributed by atoms with Crippen LogP contribution < -0.4 is 11.1 Å². The molecule has 0 aromatic carbocycles. The number of aliphatic carboxylic acids is 1. The smallest absolute Gasteiger partial charge is 0.305 e.